The van der Waals surface area contributed by atoms with E-state index in [2.05, 4.69) is 15.6 Å². The number of carbonyl (C=O) groups is 2. The SMILES string of the molecule is CNC(=O)c1cc(Oc2ccc3c(c2)CN(C(=O)Nc2ccccc2Oc2ccccc2)CC3)ccn1. The first-order valence-electron chi connectivity index (χ1n) is 11.9. The predicted octanol–water partition coefficient (Wildman–Crippen LogP) is 5.62. The third-order valence-electron chi connectivity index (χ3n) is 6.00. The molecule has 0 spiro atoms. The highest BCUT2D eigenvalue weighted by molar-refractivity contribution is 5.92. The third kappa shape index (κ3) is 5.70. The molecule has 37 heavy (non-hydrogen) atoms. The first-order valence-corrected chi connectivity index (χ1v) is 11.9. The van der Waals surface area contributed by atoms with Crippen molar-refractivity contribution in [1.82, 2.24) is 15.2 Å². The number of carbonyl (C=O) groups excluding carboxylic acids is 2. The smallest absolute Gasteiger partial charge is 0.322 e. The van der Waals surface area contributed by atoms with Gasteiger partial charge < -0.3 is 25.0 Å². The molecule has 0 bridgehead atoms. The van der Waals surface area contributed by atoms with E-state index in [1.165, 1.54) is 11.8 Å². The number of benzene rings is 3. The van der Waals surface area contributed by atoms with Crippen LogP contribution in [0.3, 0.4) is 0 Å². The van der Waals surface area contributed by atoms with Crippen LogP contribution in [0.5, 0.6) is 23.0 Å². The fourth-order valence-corrected chi connectivity index (χ4v) is 4.10. The van der Waals surface area contributed by atoms with Crippen molar-refractivity contribution >= 4 is 17.6 Å². The Morgan fingerprint density at radius 2 is 1.62 bits per heavy atom. The molecule has 0 saturated heterocycles. The highest BCUT2D eigenvalue weighted by Gasteiger charge is 2.22. The van der Waals surface area contributed by atoms with Crippen LogP contribution in [0, 0.1) is 0 Å². The normalized spacial score (nSPS) is 12.3. The Morgan fingerprint density at radius 3 is 2.46 bits per heavy atom. The zero-order chi connectivity index (χ0) is 25.6. The molecular formula is C29H26N4O4. The second-order valence-electron chi connectivity index (χ2n) is 8.50. The summed E-state index contributed by atoms with van der Waals surface area (Å²) in [5.74, 6) is 2.11. The van der Waals surface area contributed by atoms with E-state index in [4.69, 9.17) is 9.47 Å². The van der Waals surface area contributed by atoms with Crippen molar-refractivity contribution in [2.75, 3.05) is 18.9 Å². The topological polar surface area (TPSA) is 92.8 Å². The van der Waals surface area contributed by atoms with Gasteiger partial charge in [0.2, 0.25) is 0 Å². The number of nitrogens with one attached hydrogen (secondary N) is 2. The monoisotopic (exact) mass is 494 g/mol. The molecule has 2 heterocycles. The number of pyridine rings is 1. The second kappa shape index (κ2) is 10.8. The van der Waals surface area contributed by atoms with Gasteiger partial charge in [-0.05, 0) is 60.0 Å². The zero-order valence-electron chi connectivity index (χ0n) is 20.3. The van der Waals surface area contributed by atoms with Crippen LogP contribution in [0.25, 0.3) is 0 Å². The Morgan fingerprint density at radius 1 is 0.838 bits per heavy atom. The summed E-state index contributed by atoms with van der Waals surface area (Å²) in [7, 11) is 1.55. The minimum Gasteiger partial charge on any atom is -0.457 e. The van der Waals surface area contributed by atoms with Crippen LogP contribution in [0.1, 0.15) is 21.6 Å². The van der Waals surface area contributed by atoms with E-state index in [0.717, 1.165) is 12.0 Å². The molecule has 3 aromatic carbocycles. The molecule has 2 N–H and O–H groups in total. The summed E-state index contributed by atoms with van der Waals surface area (Å²) in [5, 5.41) is 5.55. The Balaban J connectivity index is 1.28. The van der Waals surface area contributed by atoms with E-state index in [-0.39, 0.29) is 17.6 Å². The number of fused-ring (bicyclic) bond motifs is 1. The average Bonchev–Trinajstić information content (AvgIpc) is 2.94. The van der Waals surface area contributed by atoms with E-state index in [0.29, 0.717) is 41.8 Å². The van der Waals surface area contributed by atoms with Crippen molar-refractivity contribution in [3.63, 3.8) is 0 Å². The quantitative estimate of drug-likeness (QED) is 0.363. The molecule has 4 aromatic rings. The molecule has 8 heteroatoms. The van der Waals surface area contributed by atoms with E-state index < -0.39 is 0 Å². The Hall–Kier alpha value is -4.85. The van der Waals surface area contributed by atoms with Gasteiger partial charge in [0.1, 0.15) is 22.9 Å². The van der Waals surface area contributed by atoms with Crippen LogP contribution in [-0.2, 0) is 13.0 Å². The van der Waals surface area contributed by atoms with Gasteiger partial charge in [-0.25, -0.2) is 4.79 Å². The van der Waals surface area contributed by atoms with E-state index >= 15 is 0 Å². The highest BCUT2D eigenvalue weighted by atomic mass is 16.5. The fraction of sp³-hybridized carbons (Fsp3) is 0.138. The molecule has 5 rings (SSSR count). The molecule has 0 fully saturated rings. The van der Waals surface area contributed by atoms with Gasteiger partial charge in [0.15, 0.2) is 5.75 Å². The van der Waals surface area contributed by atoms with E-state index in [1.54, 1.807) is 24.1 Å². The first-order chi connectivity index (χ1) is 18.1. The summed E-state index contributed by atoms with van der Waals surface area (Å²) in [6.07, 6.45) is 2.27. The van der Waals surface area contributed by atoms with Gasteiger partial charge in [-0.2, -0.15) is 0 Å². The van der Waals surface area contributed by atoms with E-state index in [9.17, 15) is 9.59 Å². The lowest BCUT2D eigenvalue weighted by Crippen LogP contribution is -2.38. The molecule has 0 unspecified atom stereocenters. The molecule has 1 aromatic heterocycles. The maximum atomic E-state index is 13.2. The lowest BCUT2D eigenvalue weighted by Gasteiger charge is -2.29. The number of anilines is 1. The number of amides is 3. The standard InChI is InChI=1S/C29H26N4O4/c1-30-28(34)26-18-24(13-15-31-26)36-23-12-11-20-14-16-33(19-21(20)17-23)29(35)32-25-9-5-6-10-27(25)37-22-7-3-2-4-8-22/h2-13,15,17-18H,14,16,19H2,1H3,(H,30,34)(H,32,35). The van der Waals surface area contributed by atoms with Gasteiger partial charge in [0.25, 0.3) is 5.91 Å². The van der Waals surface area contributed by atoms with Crippen molar-refractivity contribution in [3.8, 4) is 23.0 Å². The average molecular weight is 495 g/mol. The van der Waals surface area contributed by atoms with Crippen LogP contribution in [-0.4, -0.2) is 35.4 Å². The number of aromatic nitrogens is 1. The second-order valence-corrected chi connectivity index (χ2v) is 8.50. The molecule has 0 atom stereocenters. The number of para-hydroxylation sites is 3. The number of hydrogen-bond acceptors (Lipinski definition) is 5. The minimum absolute atomic E-state index is 0.203. The van der Waals surface area contributed by atoms with Crippen molar-refractivity contribution in [1.29, 1.82) is 0 Å². The number of ether oxygens (including phenoxy) is 2. The van der Waals surface area contributed by atoms with E-state index in [1.807, 2.05) is 72.8 Å². The van der Waals surface area contributed by atoms with Crippen molar-refractivity contribution in [2.45, 2.75) is 13.0 Å². The lowest BCUT2D eigenvalue weighted by atomic mass is 10.00. The summed E-state index contributed by atoms with van der Waals surface area (Å²) < 4.78 is 12.0. The van der Waals surface area contributed by atoms with Crippen LogP contribution in [0.2, 0.25) is 0 Å². The fourth-order valence-electron chi connectivity index (χ4n) is 4.10. The first kappa shape index (κ1) is 23.9. The van der Waals surface area contributed by atoms with Gasteiger partial charge in [-0.1, -0.05) is 36.4 Å². The summed E-state index contributed by atoms with van der Waals surface area (Å²) in [6, 6.07) is 25.7. The van der Waals surface area contributed by atoms with Crippen LogP contribution in [0.15, 0.2) is 91.1 Å². The highest BCUT2D eigenvalue weighted by Crippen LogP contribution is 2.31. The summed E-state index contributed by atoms with van der Waals surface area (Å²) in [5.41, 5.74) is 3.06. The maximum Gasteiger partial charge on any atom is 0.322 e. The Bertz CT molecular complexity index is 1420. The summed E-state index contributed by atoms with van der Waals surface area (Å²) in [6.45, 7) is 1.04. The molecule has 0 radical (unpaired) electrons. The van der Waals surface area contributed by atoms with Crippen molar-refractivity contribution in [2.24, 2.45) is 0 Å². The molecular weight excluding hydrogens is 468 g/mol. The molecule has 3 amide bonds. The van der Waals surface area contributed by atoms with Gasteiger partial charge in [-0.15, -0.1) is 0 Å². The van der Waals surface area contributed by atoms with Gasteiger partial charge >= 0.3 is 6.03 Å². The molecule has 8 nitrogen and oxygen atoms in total. The summed E-state index contributed by atoms with van der Waals surface area (Å²) in [4.78, 5) is 30.9. The predicted molar refractivity (Wildman–Crippen MR) is 140 cm³/mol. The van der Waals surface area contributed by atoms with Gasteiger partial charge in [0, 0.05) is 32.4 Å². The molecule has 0 saturated carbocycles. The van der Waals surface area contributed by atoms with Crippen LogP contribution in [0.4, 0.5) is 10.5 Å². The largest absolute Gasteiger partial charge is 0.457 e. The third-order valence-corrected chi connectivity index (χ3v) is 6.00. The lowest BCUT2D eigenvalue weighted by molar-refractivity contribution is 0.0957. The minimum atomic E-state index is -0.284. The van der Waals surface area contributed by atoms with Crippen molar-refractivity contribution < 1.29 is 19.1 Å². The van der Waals surface area contributed by atoms with Crippen LogP contribution >= 0.6 is 0 Å². The summed E-state index contributed by atoms with van der Waals surface area (Å²) >= 11 is 0. The number of hydrogen-bond donors (Lipinski definition) is 2. The molecule has 186 valence electrons. The Labute approximate surface area is 214 Å². The van der Waals surface area contributed by atoms with Gasteiger partial charge in [-0.3, -0.25) is 9.78 Å². The molecule has 1 aliphatic heterocycles. The van der Waals surface area contributed by atoms with Crippen molar-refractivity contribution in [3.05, 3.63) is 108 Å². The maximum absolute atomic E-state index is 13.2. The van der Waals surface area contributed by atoms with Crippen LogP contribution < -0.4 is 20.1 Å². The number of urea groups is 1. The number of rotatable bonds is 6. The van der Waals surface area contributed by atoms with Gasteiger partial charge in [0.05, 0.1) is 5.69 Å². The zero-order valence-corrected chi connectivity index (χ0v) is 20.3. The molecule has 0 aliphatic carbocycles. The number of nitrogens with zero attached hydrogens (tertiary/aromatic N) is 2. The Kier molecular flexibility index (Phi) is 6.98. The molecule has 1 aliphatic rings.